The van der Waals surface area contributed by atoms with Crippen molar-refractivity contribution in [1.82, 2.24) is 4.90 Å². The van der Waals surface area contributed by atoms with Crippen LogP contribution in [0, 0.1) is 6.92 Å². The highest BCUT2D eigenvalue weighted by atomic mass is 16.3. The summed E-state index contributed by atoms with van der Waals surface area (Å²) in [6, 6.07) is 16.3. The van der Waals surface area contributed by atoms with E-state index >= 15 is 0 Å². The fourth-order valence-electron chi connectivity index (χ4n) is 3.03. The van der Waals surface area contributed by atoms with Gasteiger partial charge in [-0.2, -0.15) is 0 Å². The molecule has 2 aromatic rings. The molecule has 124 valence electrons. The van der Waals surface area contributed by atoms with Crippen LogP contribution in [0.1, 0.15) is 37.0 Å². The number of phenols is 1. The van der Waals surface area contributed by atoms with E-state index in [2.05, 4.69) is 56.0 Å². The summed E-state index contributed by atoms with van der Waals surface area (Å²) in [5.41, 5.74) is 8.02. The van der Waals surface area contributed by atoms with E-state index in [1.165, 1.54) is 33.5 Å². The van der Waals surface area contributed by atoms with Gasteiger partial charge in [-0.3, -0.25) is 0 Å². The van der Waals surface area contributed by atoms with Gasteiger partial charge in [-0.1, -0.05) is 53.1 Å². The molecule has 2 aromatic carbocycles. The molecule has 0 unspecified atom stereocenters. The van der Waals surface area contributed by atoms with E-state index in [1.807, 2.05) is 12.1 Å². The van der Waals surface area contributed by atoms with Crippen LogP contribution in [0.2, 0.25) is 0 Å². The minimum Gasteiger partial charge on any atom is -0.508 e. The molecule has 0 amide bonds. The predicted molar refractivity (Wildman–Crippen MR) is 99.6 cm³/mol. The number of hydrogen-bond donors (Lipinski definition) is 1. The molecule has 0 radical (unpaired) electrons. The summed E-state index contributed by atoms with van der Waals surface area (Å²) in [5, 5.41) is 9.50. The highest BCUT2D eigenvalue weighted by molar-refractivity contribution is 5.37. The highest BCUT2D eigenvalue weighted by Gasteiger charge is 2.17. The van der Waals surface area contributed by atoms with E-state index in [-0.39, 0.29) is 0 Å². The van der Waals surface area contributed by atoms with Gasteiger partial charge in [0.1, 0.15) is 5.75 Å². The number of allylic oxidation sites excluding steroid dienone is 3. The summed E-state index contributed by atoms with van der Waals surface area (Å²) in [6.07, 6.45) is 3.33. The number of benzene rings is 2. The molecule has 0 fully saturated rings. The van der Waals surface area contributed by atoms with E-state index in [1.54, 1.807) is 12.1 Å². The molecule has 0 spiro atoms. The number of aromatic hydroxyl groups is 1. The van der Waals surface area contributed by atoms with Crippen molar-refractivity contribution in [3.63, 3.8) is 0 Å². The second kappa shape index (κ2) is 6.96. The quantitative estimate of drug-likeness (QED) is 0.805. The monoisotopic (exact) mass is 319 g/mol. The third kappa shape index (κ3) is 3.88. The lowest BCUT2D eigenvalue weighted by atomic mass is 10.1. The van der Waals surface area contributed by atoms with Crippen LogP contribution >= 0.6 is 0 Å². The van der Waals surface area contributed by atoms with Crippen LogP contribution < -0.4 is 0 Å². The number of hydrogen-bond acceptors (Lipinski definition) is 2. The largest absolute Gasteiger partial charge is 0.508 e. The molecule has 0 saturated carbocycles. The lowest BCUT2D eigenvalue weighted by molar-refractivity contribution is 0.323. The molecule has 2 heteroatoms. The van der Waals surface area contributed by atoms with Crippen LogP contribution in [0.3, 0.4) is 0 Å². The molecule has 0 atom stereocenters. The van der Waals surface area contributed by atoms with Gasteiger partial charge in [-0.25, -0.2) is 0 Å². The zero-order valence-corrected chi connectivity index (χ0v) is 14.7. The number of phenolic OH excluding ortho intramolecular Hbond substituents is 1. The van der Waals surface area contributed by atoms with Crippen molar-refractivity contribution in [2.75, 3.05) is 0 Å². The van der Waals surface area contributed by atoms with E-state index < -0.39 is 0 Å². The van der Waals surface area contributed by atoms with Crippen molar-refractivity contribution in [1.29, 1.82) is 0 Å². The Bertz CT molecular complexity index is 719. The molecule has 1 aliphatic rings. The van der Waals surface area contributed by atoms with Crippen molar-refractivity contribution >= 4 is 0 Å². The maximum absolute atomic E-state index is 9.50. The topological polar surface area (TPSA) is 23.5 Å². The van der Waals surface area contributed by atoms with Crippen LogP contribution in [0.4, 0.5) is 0 Å². The predicted octanol–water partition coefficient (Wildman–Crippen LogP) is 5.33. The van der Waals surface area contributed by atoms with Crippen LogP contribution in [-0.2, 0) is 13.1 Å². The molecule has 1 aliphatic carbocycles. The second-order valence-electron chi connectivity index (χ2n) is 6.78. The van der Waals surface area contributed by atoms with E-state index in [0.717, 1.165) is 19.5 Å². The minimum atomic E-state index is 0.317. The van der Waals surface area contributed by atoms with Gasteiger partial charge in [-0.05, 0) is 50.1 Å². The van der Waals surface area contributed by atoms with E-state index in [9.17, 15) is 5.11 Å². The first-order valence-corrected chi connectivity index (χ1v) is 8.46. The SMILES string of the molecule is CC1=C(C)CC(N(Cc2ccc(C)cc2)Cc2ccc(O)cc2)=C1. The lowest BCUT2D eigenvalue weighted by Crippen LogP contribution is -2.21. The average Bonchev–Trinajstić information content (AvgIpc) is 2.90. The summed E-state index contributed by atoms with van der Waals surface area (Å²) in [4.78, 5) is 2.44. The van der Waals surface area contributed by atoms with Crippen molar-refractivity contribution in [3.8, 4) is 5.75 Å². The molecule has 2 nitrogen and oxygen atoms in total. The molecule has 0 aromatic heterocycles. The first kappa shape index (κ1) is 16.4. The second-order valence-corrected chi connectivity index (χ2v) is 6.78. The Hall–Kier alpha value is -2.48. The van der Waals surface area contributed by atoms with E-state index in [4.69, 9.17) is 0 Å². The van der Waals surface area contributed by atoms with Gasteiger partial charge < -0.3 is 10.0 Å². The van der Waals surface area contributed by atoms with Crippen LogP contribution in [0.25, 0.3) is 0 Å². The Morgan fingerprint density at radius 1 is 0.833 bits per heavy atom. The Balaban J connectivity index is 1.82. The summed E-state index contributed by atoms with van der Waals surface area (Å²) < 4.78 is 0. The molecule has 0 bridgehead atoms. The van der Waals surface area contributed by atoms with Gasteiger partial charge in [0, 0.05) is 25.2 Å². The molecule has 1 N–H and O–H groups in total. The summed E-state index contributed by atoms with van der Waals surface area (Å²) in [7, 11) is 0. The third-order valence-electron chi connectivity index (χ3n) is 4.71. The van der Waals surface area contributed by atoms with Gasteiger partial charge in [0.2, 0.25) is 0 Å². The normalized spacial score (nSPS) is 14.0. The Morgan fingerprint density at radius 2 is 1.38 bits per heavy atom. The smallest absolute Gasteiger partial charge is 0.115 e. The van der Waals surface area contributed by atoms with Gasteiger partial charge >= 0.3 is 0 Å². The van der Waals surface area contributed by atoms with Gasteiger partial charge in [0.05, 0.1) is 0 Å². The number of aryl methyl sites for hydroxylation is 1. The van der Waals surface area contributed by atoms with Crippen LogP contribution in [-0.4, -0.2) is 10.0 Å². The summed E-state index contributed by atoms with van der Waals surface area (Å²) >= 11 is 0. The van der Waals surface area contributed by atoms with Crippen molar-refractivity contribution in [2.24, 2.45) is 0 Å². The molecular weight excluding hydrogens is 294 g/mol. The van der Waals surface area contributed by atoms with Crippen molar-refractivity contribution in [2.45, 2.75) is 40.3 Å². The van der Waals surface area contributed by atoms with Gasteiger partial charge in [0.25, 0.3) is 0 Å². The van der Waals surface area contributed by atoms with Gasteiger partial charge in [-0.15, -0.1) is 0 Å². The molecule has 0 aliphatic heterocycles. The summed E-state index contributed by atoms with van der Waals surface area (Å²) in [5.74, 6) is 0.317. The van der Waals surface area contributed by atoms with E-state index in [0.29, 0.717) is 5.75 Å². The van der Waals surface area contributed by atoms with Crippen molar-refractivity contribution in [3.05, 3.63) is 88.1 Å². The van der Waals surface area contributed by atoms with Gasteiger partial charge in [0.15, 0.2) is 0 Å². The fourth-order valence-corrected chi connectivity index (χ4v) is 3.03. The van der Waals surface area contributed by atoms with Crippen LogP contribution in [0.15, 0.2) is 71.5 Å². The molecule has 0 saturated heterocycles. The zero-order chi connectivity index (χ0) is 17.1. The van der Waals surface area contributed by atoms with Crippen molar-refractivity contribution < 1.29 is 5.11 Å². The first-order chi connectivity index (χ1) is 11.5. The molecule has 3 rings (SSSR count). The Labute approximate surface area is 144 Å². The standard InChI is InChI=1S/C22H25NO/c1-16-4-6-19(7-5-16)14-23(21-12-17(2)18(3)13-21)15-20-8-10-22(24)11-9-20/h4-12,24H,13-15H2,1-3H3. The number of rotatable bonds is 5. The first-order valence-electron chi connectivity index (χ1n) is 8.46. The third-order valence-corrected chi connectivity index (χ3v) is 4.71. The Kier molecular flexibility index (Phi) is 4.75. The molecular formula is C22H25NO. The fraction of sp³-hybridized carbons (Fsp3) is 0.273. The highest BCUT2D eigenvalue weighted by Crippen LogP contribution is 2.29. The maximum atomic E-state index is 9.50. The molecule has 0 heterocycles. The number of nitrogens with zero attached hydrogens (tertiary/aromatic N) is 1. The lowest BCUT2D eigenvalue weighted by Gasteiger charge is -2.27. The zero-order valence-electron chi connectivity index (χ0n) is 14.7. The van der Waals surface area contributed by atoms with Crippen LogP contribution in [0.5, 0.6) is 5.75 Å². The molecule has 24 heavy (non-hydrogen) atoms. The Morgan fingerprint density at radius 3 is 1.88 bits per heavy atom. The minimum absolute atomic E-state index is 0.317. The maximum Gasteiger partial charge on any atom is 0.115 e. The summed E-state index contributed by atoms with van der Waals surface area (Å²) in [6.45, 7) is 8.26. The average molecular weight is 319 g/mol.